The van der Waals surface area contributed by atoms with Gasteiger partial charge in [-0.15, -0.1) is 0 Å². The number of nitrogens with zero attached hydrogens (tertiary/aromatic N) is 1. The van der Waals surface area contributed by atoms with E-state index in [4.69, 9.17) is 5.26 Å². The Bertz CT molecular complexity index is 900. The van der Waals surface area contributed by atoms with Crippen LogP contribution in [0, 0.1) is 11.3 Å². The van der Waals surface area contributed by atoms with Gasteiger partial charge in [-0.3, -0.25) is 0 Å². The summed E-state index contributed by atoms with van der Waals surface area (Å²) in [6, 6.07) is 15.1. The zero-order valence-corrected chi connectivity index (χ0v) is 14.2. The molecule has 0 radical (unpaired) electrons. The van der Waals surface area contributed by atoms with Crippen molar-refractivity contribution in [1.29, 1.82) is 5.26 Å². The lowest BCUT2D eigenvalue weighted by atomic mass is 10.1. The van der Waals surface area contributed by atoms with Crippen LogP contribution in [0.5, 0.6) is 11.5 Å². The van der Waals surface area contributed by atoms with Crippen molar-refractivity contribution < 1.29 is 18.6 Å². The maximum absolute atomic E-state index is 12.2. The number of phenolic OH excluding ortho intramolecular Hbond substituents is 2. The van der Waals surface area contributed by atoms with Crippen LogP contribution in [0.3, 0.4) is 0 Å². The van der Waals surface area contributed by atoms with Gasteiger partial charge in [0.15, 0.2) is 16.4 Å². The Labute approximate surface area is 146 Å². The van der Waals surface area contributed by atoms with Crippen LogP contribution in [0.25, 0.3) is 6.08 Å². The topological polar surface area (TPSA) is 110 Å². The van der Waals surface area contributed by atoms with E-state index in [1.165, 1.54) is 18.2 Å². The van der Waals surface area contributed by atoms with Crippen LogP contribution in [0.1, 0.15) is 17.5 Å². The van der Waals surface area contributed by atoms with Gasteiger partial charge in [-0.25, -0.2) is 13.1 Å². The molecule has 0 bridgehead atoms. The number of benzene rings is 2. The Morgan fingerprint density at radius 2 is 1.84 bits per heavy atom. The van der Waals surface area contributed by atoms with Crippen molar-refractivity contribution in [2.45, 2.75) is 12.8 Å². The third-order valence-corrected chi connectivity index (χ3v) is 4.85. The van der Waals surface area contributed by atoms with Gasteiger partial charge in [0.25, 0.3) is 10.0 Å². The monoisotopic (exact) mass is 358 g/mol. The summed E-state index contributed by atoms with van der Waals surface area (Å²) in [6.07, 6.45) is 2.46. The van der Waals surface area contributed by atoms with Crippen molar-refractivity contribution in [2.24, 2.45) is 0 Å². The van der Waals surface area contributed by atoms with Gasteiger partial charge in [-0.1, -0.05) is 36.4 Å². The van der Waals surface area contributed by atoms with Crippen molar-refractivity contribution in [3.05, 3.63) is 64.6 Å². The molecular weight excluding hydrogens is 340 g/mol. The van der Waals surface area contributed by atoms with E-state index in [1.54, 1.807) is 6.07 Å². The highest BCUT2D eigenvalue weighted by atomic mass is 32.2. The lowest BCUT2D eigenvalue weighted by Crippen LogP contribution is -2.26. The molecule has 0 aliphatic carbocycles. The highest BCUT2D eigenvalue weighted by molar-refractivity contribution is 7.93. The second-order valence-corrected chi connectivity index (χ2v) is 7.09. The number of nitrogens with one attached hydrogen (secondary N) is 1. The number of rotatable bonds is 7. The molecule has 6 nitrogen and oxygen atoms in total. The molecule has 25 heavy (non-hydrogen) atoms. The van der Waals surface area contributed by atoms with Crippen molar-refractivity contribution in [2.75, 3.05) is 6.54 Å². The predicted molar refractivity (Wildman–Crippen MR) is 95.0 cm³/mol. The maximum atomic E-state index is 12.2. The van der Waals surface area contributed by atoms with Crippen molar-refractivity contribution >= 4 is 16.1 Å². The fraction of sp³-hybridized carbons (Fsp3) is 0.167. The van der Waals surface area contributed by atoms with Crippen LogP contribution in [0.2, 0.25) is 0 Å². The smallest absolute Gasteiger partial charge is 0.250 e. The molecule has 2 aromatic rings. The van der Waals surface area contributed by atoms with Crippen molar-refractivity contribution in [3.63, 3.8) is 0 Å². The van der Waals surface area contributed by atoms with Crippen LogP contribution in [-0.2, 0) is 16.4 Å². The lowest BCUT2D eigenvalue weighted by molar-refractivity contribution is 0.403. The average molecular weight is 358 g/mol. The average Bonchev–Trinajstić information content (AvgIpc) is 2.60. The van der Waals surface area contributed by atoms with E-state index in [2.05, 4.69) is 4.72 Å². The number of phenols is 2. The van der Waals surface area contributed by atoms with Gasteiger partial charge in [-0.2, -0.15) is 5.26 Å². The van der Waals surface area contributed by atoms with E-state index in [-0.39, 0.29) is 18.0 Å². The summed E-state index contributed by atoms with van der Waals surface area (Å²) < 4.78 is 26.8. The number of hydrogen-bond donors (Lipinski definition) is 3. The molecular formula is C18H18N2O4S. The van der Waals surface area contributed by atoms with E-state index >= 15 is 0 Å². The maximum Gasteiger partial charge on any atom is 0.250 e. The third kappa shape index (κ3) is 5.35. The van der Waals surface area contributed by atoms with Crippen LogP contribution in [0.15, 0.2) is 53.4 Å². The Morgan fingerprint density at radius 1 is 1.12 bits per heavy atom. The van der Waals surface area contributed by atoms with Gasteiger partial charge >= 0.3 is 0 Å². The molecule has 7 heteroatoms. The number of hydrogen-bond acceptors (Lipinski definition) is 5. The number of nitriles is 1. The van der Waals surface area contributed by atoms with Crippen LogP contribution in [-0.4, -0.2) is 25.2 Å². The molecule has 0 atom stereocenters. The molecule has 0 saturated carbocycles. The Kier molecular flexibility index (Phi) is 6.17. The second kappa shape index (κ2) is 8.33. The van der Waals surface area contributed by atoms with Gasteiger partial charge in [-0.05, 0) is 42.2 Å². The minimum absolute atomic E-state index is 0.205. The van der Waals surface area contributed by atoms with E-state index in [0.29, 0.717) is 12.0 Å². The summed E-state index contributed by atoms with van der Waals surface area (Å²) in [5, 5.41) is 27.8. The van der Waals surface area contributed by atoms with Gasteiger partial charge in [0, 0.05) is 6.54 Å². The molecule has 0 unspecified atom stereocenters. The molecule has 2 aromatic carbocycles. The van der Waals surface area contributed by atoms with Crippen molar-refractivity contribution in [1.82, 2.24) is 4.72 Å². The number of allylic oxidation sites excluding steroid dienone is 1. The SMILES string of the molecule is N#C/C(=C/c1ccc(O)c(O)c1)S(=O)(=O)NCCCc1ccccc1. The van der Waals surface area contributed by atoms with Crippen LogP contribution in [0.4, 0.5) is 0 Å². The molecule has 0 aliphatic rings. The zero-order valence-electron chi connectivity index (χ0n) is 13.4. The lowest BCUT2D eigenvalue weighted by Gasteiger charge is -2.06. The summed E-state index contributed by atoms with van der Waals surface area (Å²) >= 11 is 0. The highest BCUT2D eigenvalue weighted by Crippen LogP contribution is 2.26. The number of aryl methyl sites for hydroxylation is 1. The van der Waals surface area contributed by atoms with Gasteiger partial charge < -0.3 is 10.2 Å². The Balaban J connectivity index is 2.01. The summed E-state index contributed by atoms with van der Waals surface area (Å²) in [5.41, 5.74) is 1.40. The molecule has 0 fully saturated rings. The number of aromatic hydroxyl groups is 2. The highest BCUT2D eigenvalue weighted by Gasteiger charge is 2.17. The first kappa shape index (κ1) is 18.5. The van der Waals surface area contributed by atoms with Gasteiger partial charge in [0.05, 0.1) is 0 Å². The summed E-state index contributed by atoms with van der Waals surface area (Å²) in [5.74, 6) is -0.711. The van der Waals surface area contributed by atoms with E-state index in [1.807, 2.05) is 30.3 Å². The summed E-state index contributed by atoms with van der Waals surface area (Å²) in [7, 11) is -3.94. The molecule has 0 heterocycles. The molecule has 0 amide bonds. The quantitative estimate of drug-likeness (QED) is 0.400. The Hall–Kier alpha value is -2.82. The first-order valence-corrected chi connectivity index (χ1v) is 9.08. The minimum atomic E-state index is -3.94. The van der Waals surface area contributed by atoms with Gasteiger partial charge in [0.1, 0.15) is 6.07 Å². The van der Waals surface area contributed by atoms with Crippen LogP contribution < -0.4 is 4.72 Å². The molecule has 0 aliphatic heterocycles. The fourth-order valence-electron chi connectivity index (χ4n) is 2.17. The number of sulfonamides is 1. The molecule has 0 aromatic heterocycles. The summed E-state index contributed by atoms with van der Waals surface area (Å²) in [4.78, 5) is -0.461. The summed E-state index contributed by atoms with van der Waals surface area (Å²) in [6.45, 7) is 0.205. The largest absolute Gasteiger partial charge is 0.504 e. The first-order valence-electron chi connectivity index (χ1n) is 7.60. The normalized spacial score (nSPS) is 11.9. The molecule has 2 rings (SSSR count). The van der Waals surface area contributed by atoms with Crippen LogP contribution >= 0.6 is 0 Å². The van der Waals surface area contributed by atoms with Gasteiger partial charge in [0.2, 0.25) is 0 Å². The second-order valence-electron chi connectivity index (χ2n) is 5.36. The molecule has 3 N–H and O–H groups in total. The zero-order chi connectivity index (χ0) is 18.3. The van der Waals surface area contributed by atoms with Crippen molar-refractivity contribution in [3.8, 4) is 17.6 Å². The molecule has 0 saturated heterocycles. The third-order valence-electron chi connectivity index (χ3n) is 3.47. The van der Waals surface area contributed by atoms with E-state index in [9.17, 15) is 18.6 Å². The van der Waals surface area contributed by atoms with E-state index in [0.717, 1.165) is 18.1 Å². The minimum Gasteiger partial charge on any atom is -0.504 e. The fourth-order valence-corrected chi connectivity index (χ4v) is 3.15. The molecule has 0 spiro atoms. The predicted octanol–water partition coefficient (Wildman–Crippen LogP) is 2.51. The first-order chi connectivity index (χ1) is 11.9. The van der Waals surface area contributed by atoms with E-state index < -0.39 is 14.9 Å². The standard InChI is InChI=1S/C18H18N2O4S/c19-13-16(11-15-8-9-17(21)18(22)12-15)25(23,24)20-10-4-7-14-5-2-1-3-6-14/h1-3,5-6,8-9,11-12,20-22H,4,7,10H2/b16-11-. The molecule has 130 valence electrons. The Morgan fingerprint density at radius 3 is 2.48 bits per heavy atom.